The minimum atomic E-state index is -0.489. The first-order valence-corrected chi connectivity index (χ1v) is 9.88. The van der Waals surface area contributed by atoms with E-state index in [1.54, 1.807) is 29.8 Å². The van der Waals surface area contributed by atoms with Gasteiger partial charge in [-0.3, -0.25) is 9.59 Å². The van der Waals surface area contributed by atoms with Crippen LogP contribution >= 0.6 is 11.8 Å². The van der Waals surface area contributed by atoms with Crippen molar-refractivity contribution in [1.29, 1.82) is 0 Å². The summed E-state index contributed by atoms with van der Waals surface area (Å²) in [6, 6.07) is 3.52. The number of rotatable bonds is 7. The van der Waals surface area contributed by atoms with Crippen molar-refractivity contribution in [2.45, 2.75) is 17.5 Å². The molecule has 2 heterocycles. The van der Waals surface area contributed by atoms with Gasteiger partial charge in [-0.2, -0.15) is 4.98 Å². The molecule has 1 amide bonds. The quantitative estimate of drug-likeness (QED) is 0.420. The highest BCUT2D eigenvalue weighted by Gasteiger charge is 2.33. The second kappa shape index (κ2) is 8.60. The number of fused-ring (bicyclic) bond motifs is 1. The predicted molar refractivity (Wildman–Crippen MR) is 112 cm³/mol. The summed E-state index contributed by atoms with van der Waals surface area (Å²) in [6.07, 6.45) is 1.84. The van der Waals surface area contributed by atoms with Gasteiger partial charge in [-0.15, -0.1) is 6.58 Å². The smallest absolute Gasteiger partial charge is 0.279 e. The second-order valence-electron chi connectivity index (χ2n) is 6.38. The van der Waals surface area contributed by atoms with Crippen molar-refractivity contribution in [2.24, 2.45) is 7.05 Å². The molecule has 8 nitrogen and oxygen atoms in total. The normalized spacial score (nSPS) is 15.3. The number of carbonyl (C=O) groups is 1. The van der Waals surface area contributed by atoms with E-state index in [9.17, 15) is 9.59 Å². The molecule has 1 aromatic heterocycles. The van der Waals surface area contributed by atoms with Crippen LogP contribution in [0.2, 0.25) is 0 Å². The van der Waals surface area contributed by atoms with Gasteiger partial charge in [0, 0.05) is 25.1 Å². The molecule has 1 unspecified atom stereocenters. The van der Waals surface area contributed by atoms with Crippen molar-refractivity contribution in [1.82, 2.24) is 9.55 Å². The van der Waals surface area contributed by atoms with E-state index in [-0.39, 0.29) is 17.9 Å². The van der Waals surface area contributed by atoms with Gasteiger partial charge in [0.2, 0.25) is 11.7 Å². The average molecular weight is 417 g/mol. The Labute approximate surface area is 172 Å². The number of ether oxygens (including phenoxy) is 3. The molecule has 0 bridgehead atoms. The minimum absolute atomic E-state index is 0.113. The maximum atomic E-state index is 12.9. The fourth-order valence-electron chi connectivity index (χ4n) is 3.39. The summed E-state index contributed by atoms with van der Waals surface area (Å²) in [5.74, 6) is 1.74. The molecule has 0 radical (unpaired) electrons. The predicted octanol–water partition coefficient (Wildman–Crippen LogP) is 2.56. The molecule has 0 fully saturated rings. The van der Waals surface area contributed by atoms with Crippen molar-refractivity contribution in [2.75, 3.05) is 32.4 Å². The van der Waals surface area contributed by atoms with Crippen LogP contribution in [0.4, 0.5) is 5.82 Å². The van der Waals surface area contributed by atoms with Gasteiger partial charge in [-0.05, 0) is 17.7 Å². The number of anilines is 1. The largest absolute Gasteiger partial charge is 0.493 e. The summed E-state index contributed by atoms with van der Waals surface area (Å²) in [5, 5.41) is 3.34. The number of methoxy groups -OCH3 is 3. The van der Waals surface area contributed by atoms with Gasteiger partial charge in [-0.25, -0.2) is 0 Å². The van der Waals surface area contributed by atoms with Crippen LogP contribution in [0.3, 0.4) is 0 Å². The zero-order valence-electron chi connectivity index (χ0n) is 16.8. The molecule has 2 aromatic rings. The highest BCUT2D eigenvalue weighted by atomic mass is 32.2. The highest BCUT2D eigenvalue weighted by molar-refractivity contribution is 7.99. The summed E-state index contributed by atoms with van der Waals surface area (Å²) in [5.41, 5.74) is 0.772. The molecule has 0 saturated heterocycles. The van der Waals surface area contributed by atoms with Gasteiger partial charge in [-0.1, -0.05) is 17.8 Å². The molecule has 1 atom stereocenters. The van der Waals surface area contributed by atoms with Crippen LogP contribution in [-0.4, -0.2) is 42.5 Å². The first-order chi connectivity index (χ1) is 13.9. The lowest BCUT2D eigenvalue weighted by molar-refractivity contribution is -0.116. The summed E-state index contributed by atoms with van der Waals surface area (Å²) >= 11 is 1.38. The lowest BCUT2D eigenvalue weighted by atomic mass is 9.86. The monoisotopic (exact) mass is 417 g/mol. The molecule has 1 aromatic carbocycles. The van der Waals surface area contributed by atoms with Crippen LogP contribution in [0.15, 0.2) is 34.7 Å². The van der Waals surface area contributed by atoms with E-state index in [0.717, 1.165) is 0 Å². The zero-order chi connectivity index (χ0) is 21.1. The van der Waals surface area contributed by atoms with Crippen molar-refractivity contribution in [3.8, 4) is 17.2 Å². The molecule has 154 valence electrons. The molecule has 0 spiro atoms. The Hall–Kier alpha value is -2.94. The van der Waals surface area contributed by atoms with E-state index in [1.807, 2.05) is 0 Å². The molecule has 1 N–H and O–H groups in total. The number of nitrogens with zero attached hydrogens (tertiary/aromatic N) is 2. The number of amides is 1. The van der Waals surface area contributed by atoms with E-state index in [1.165, 1.54) is 33.1 Å². The molecular formula is C20H23N3O5S. The summed E-state index contributed by atoms with van der Waals surface area (Å²) < 4.78 is 17.9. The lowest BCUT2D eigenvalue weighted by Gasteiger charge is -2.28. The number of carbonyl (C=O) groups excluding carboxylic acids is 1. The number of nitrogens with one attached hydrogen (secondary N) is 1. The molecule has 9 heteroatoms. The standard InChI is InChI=1S/C20H23N3O5S/c1-6-7-29-20-22-19(25)16-12(10-15(24)21-18(16)23(20)2)11-8-13(26-3)17(28-5)14(9-11)27-4/h6,8-9,12H,1,7,10H2,2-5H3,(H,21,24). The Morgan fingerprint density at radius 1 is 1.24 bits per heavy atom. The summed E-state index contributed by atoms with van der Waals surface area (Å²) in [6.45, 7) is 3.69. The molecular weight excluding hydrogens is 394 g/mol. The molecule has 1 aliphatic rings. The molecule has 0 aliphatic carbocycles. The van der Waals surface area contributed by atoms with Crippen molar-refractivity contribution in [3.63, 3.8) is 0 Å². The van der Waals surface area contributed by atoms with Crippen LogP contribution in [0.25, 0.3) is 0 Å². The van der Waals surface area contributed by atoms with E-state index in [0.29, 0.717) is 45.1 Å². The Balaban J connectivity index is 2.19. The maximum Gasteiger partial charge on any atom is 0.279 e. The first-order valence-electron chi connectivity index (χ1n) is 8.89. The maximum absolute atomic E-state index is 12.9. The third kappa shape index (κ3) is 3.82. The van der Waals surface area contributed by atoms with Gasteiger partial charge >= 0.3 is 0 Å². The number of aromatic nitrogens is 2. The number of thioether (sulfide) groups is 1. The molecule has 29 heavy (non-hydrogen) atoms. The van der Waals surface area contributed by atoms with Crippen molar-refractivity contribution in [3.05, 3.63) is 46.3 Å². The minimum Gasteiger partial charge on any atom is -0.493 e. The Morgan fingerprint density at radius 2 is 1.90 bits per heavy atom. The van der Waals surface area contributed by atoms with Gasteiger partial charge < -0.3 is 24.1 Å². The zero-order valence-corrected chi connectivity index (χ0v) is 17.6. The van der Waals surface area contributed by atoms with E-state index in [2.05, 4.69) is 16.9 Å². The Kier molecular flexibility index (Phi) is 6.17. The van der Waals surface area contributed by atoms with E-state index in [4.69, 9.17) is 14.2 Å². The van der Waals surface area contributed by atoms with Crippen LogP contribution < -0.4 is 25.1 Å². The molecule has 0 saturated carbocycles. The highest BCUT2D eigenvalue weighted by Crippen LogP contribution is 2.43. The van der Waals surface area contributed by atoms with Crippen molar-refractivity contribution >= 4 is 23.5 Å². The van der Waals surface area contributed by atoms with E-state index < -0.39 is 5.92 Å². The van der Waals surface area contributed by atoms with Gasteiger partial charge in [0.25, 0.3) is 5.56 Å². The summed E-state index contributed by atoms with van der Waals surface area (Å²) in [7, 11) is 6.33. The Bertz CT molecular complexity index is 993. The number of hydrogen-bond acceptors (Lipinski definition) is 7. The van der Waals surface area contributed by atoms with Crippen LogP contribution in [0.1, 0.15) is 23.5 Å². The number of benzene rings is 1. The third-order valence-corrected chi connectivity index (χ3v) is 5.75. The van der Waals surface area contributed by atoms with Crippen LogP contribution in [-0.2, 0) is 11.8 Å². The fraction of sp³-hybridized carbons (Fsp3) is 0.350. The van der Waals surface area contributed by atoms with Gasteiger partial charge in [0.05, 0.1) is 26.9 Å². The first kappa shape index (κ1) is 20.8. The molecule has 1 aliphatic heterocycles. The number of hydrogen-bond donors (Lipinski definition) is 1. The second-order valence-corrected chi connectivity index (χ2v) is 7.37. The van der Waals surface area contributed by atoms with Gasteiger partial charge in [0.1, 0.15) is 5.82 Å². The average Bonchev–Trinajstić information content (AvgIpc) is 2.73. The topological polar surface area (TPSA) is 91.7 Å². The van der Waals surface area contributed by atoms with Gasteiger partial charge in [0.15, 0.2) is 16.7 Å². The molecule has 3 rings (SSSR count). The Morgan fingerprint density at radius 3 is 2.45 bits per heavy atom. The third-order valence-electron chi connectivity index (χ3n) is 4.72. The van der Waals surface area contributed by atoms with Crippen molar-refractivity contribution < 1.29 is 19.0 Å². The lowest BCUT2D eigenvalue weighted by Crippen LogP contribution is -2.33. The van der Waals surface area contributed by atoms with Crippen LogP contribution in [0.5, 0.6) is 17.2 Å². The van der Waals surface area contributed by atoms with Crippen LogP contribution in [0, 0.1) is 0 Å². The summed E-state index contributed by atoms with van der Waals surface area (Å²) in [4.78, 5) is 29.6. The van der Waals surface area contributed by atoms with E-state index >= 15 is 0 Å². The SMILES string of the molecule is C=CCSc1nc(=O)c2c(n1C)NC(=O)CC2c1cc(OC)c(OC)c(OC)c1. The fourth-order valence-corrected chi connectivity index (χ4v) is 4.08.